The lowest BCUT2D eigenvalue weighted by molar-refractivity contribution is 0.967. The smallest absolute Gasteiger partial charge is 0.0530 e. The molecule has 2 rings (SSSR count). The Hall–Kier alpha value is -1.70. The van der Waals surface area contributed by atoms with Gasteiger partial charge in [-0.05, 0) is 32.0 Å². The minimum atomic E-state index is 0.853. The molecule has 0 amide bonds. The van der Waals surface area contributed by atoms with Gasteiger partial charge in [0.1, 0.15) is 0 Å². The quantitative estimate of drug-likeness (QED) is 0.729. The fourth-order valence-corrected chi connectivity index (χ4v) is 1.76. The van der Waals surface area contributed by atoms with Crippen LogP contribution >= 0.6 is 0 Å². The molecule has 0 unspecified atom stereocenters. The highest BCUT2D eigenvalue weighted by atomic mass is 15.0. The van der Waals surface area contributed by atoms with E-state index in [1.54, 1.807) is 0 Å². The number of benzene rings is 1. The van der Waals surface area contributed by atoms with Gasteiger partial charge in [0, 0.05) is 17.1 Å². The Morgan fingerprint density at radius 1 is 1.07 bits per heavy atom. The van der Waals surface area contributed by atoms with Gasteiger partial charge in [-0.15, -0.1) is 0 Å². The van der Waals surface area contributed by atoms with Crippen LogP contribution < -0.4 is 5.73 Å². The van der Waals surface area contributed by atoms with Crippen molar-refractivity contribution in [2.45, 2.75) is 13.8 Å². The van der Waals surface area contributed by atoms with Gasteiger partial charge in [-0.25, -0.2) is 0 Å². The van der Waals surface area contributed by atoms with Gasteiger partial charge in [-0.1, -0.05) is 18.2 Å². The van der Waals surface area contributed by atoms with Crippen molar-refractivity contribution in [2.75, 3.05) is 5.73 Å². The molecule has 2 N–H and O–H groups in total. The van der Waals surface area contributed by atoms with Gasteiger partial charge in [0.15, 0.2) is 0 Å². The number of nitrogens with two attached hydrogens (primary N) is 1. The van der Waals surface area contributed by atoms with E-state index in [0.717, 1.165) is 11.4 Å². The monoisotopic (exact) mass is 186 g/mol. The fourth-order valence-electron chi connectivity index (χ4n) is 1.76. The van der Waals surface area contributed by atoms with E-state index in [0.29, 0.717) is 0 Å². The molecule has 2 heteroatoms. The molecule has 2 aromatic rings. The van der Waals surface area contributed by atoms with Crippen LogP contribution in [0.3, 0.4) is 0 Å². The van der Waals surface area contributed by atoms with Crippen molar-refractivity contribution in [1.82, 2.24) is 4.57 Å². The average molecular weight is 186 g/mol. The third-order valence-corrected chi connectivity index (χ3v) is 2.48. The summed E-state index contributed by atoms with van der Waals surface area (Å²) in [4.78, 5) is 0. The van der Waals surface area contributed by atoms with E-state index in [4.69, 9.17) is 5.73 Å². The van der Waals surface area contributed by atoms with Gasteiger partial charge < -0.3 is 10.3 Å². The highest BCUT2D eigenvalue weighted by molar-refractivity contribution is 5.51. The second-order valence-corrected chi connectivity index (χ2v) is 3.50. The third-order valence-electron chi connectivity index (χ3n) is 2.48. The fraction of sp³-hybridized carbons (Fsp3) is 0.167. The van der Waals surface area contributed by atoms with Crippen molar-refractivity contribution in [3.8, 4) is 5.69 Å². The lowest BCUT2D eigenvalue weighted by atomic mass is 10.3. The Bertz CT molecular complexity index is 441. The van der Waals surface area contributed by atoms with E-state index in [2.05, 4.69) is 23.6 Å². The number of aryl methyl sites for hydroxylation is 1. The van der Waals surface area contributed by atoms with Crippen LogP contribution in [-0.4, -0.2) is 4.57 Å². The molecule has 0 bridgehead atoms. The summed E-state index contributed by atoms with van der Waals surface area (Å²) in [6, 6.07) is 12.2. The Kier molecular flexibility index (Phi) is 2.04. The summed E-state index contributed by atoms with van der Waals surface area (Å²) in [5, 5.41) is 0. The summed E-state index contributed by atoms with van der Waals surface area (Å²) < 4.78 is 2.16. The van der Waals surface area contributed by atoms with Crippen molar-refractivity contribution in [1.29, 1.82) is 0 Å². The van der Waals surface area contributed by atoms with Crippen LogP contribution in [0, 0.1) is 13.8 Å². The maximum Gasteiger partial charge on any atom is 0.0530 e. The van der Waals surface area contributed by atoms with Gasteiger partial charge in [0.05, 0.1) is 5.69 Å². The normalized spacial score (nSPS) is 10.4. The van der Waals surface area contributed by atoms with E-state index < -0.39 is 0 Å². The zero-order chi connectivity index (χ0) is 10.1. The molecular formula is C12H14N2. The van der Waals surface area contributed by atoms with Crippen molar-refractivity contribution in [3.63, 3.8) is 0 Å². The molecule has 0 spiro atoms. The van der Waals surface area contributed by atoms with E-state index in [9.17, 15) is 0 Å². The summed E-state index contributed by atoms with van der Waals surface area (Å²) in [6.45, 7) is 4.10. The van der Waals surface area contributed by atoms with E-state index in [1.165, 1.54) is 11.4 Å². The molecule has 14 heavy (non-hydrogen) atoms. The first-order valence-electron chi connectivity index (χ1n) is 4.70. The molecule has 1 aromatic carbocycles. The van der Waals surface area contributed by atoms with Gasteiger partial charge in [-0.3, -0.25) is 0 Å². The molecule has 1 heterocycles. The molecular weight excluding hydrogens is 172 g/mol. The molecule has 0 fully saturated rings. The third kappa shape index (κ3) is 1.29. The van der Waals surface area contributed by atoms with Crippen LogP contribution in [0.15, 0.2) is 36.4 Å². The molecule has 0 aliphatic heterocycles. The molecule has 2 nitrogen and oxygen atoms in total. The van der Waals surface area contributed by atoms with Crippen molar-refractivity contribution >= 4 is 5.69 Å². The minimum absolute atomic E-state index is 0.853. The number of hydrogen-bond acceptors (Lipinski definition) is 1. The van der Waals surface area contributed by atoms with Gasteiger partial charge in [0.25, 0.3) is 0 Å². The summed E-state index contributed by atoms with van der Waals surface area (Å²) >= 11 is 0. The molecule has 0 aliphatic rings. The van der Waals surface area contributed by atoms with E-state index >= 15 is 0 Å². The van der Waals surface area contributed by atoms with Crippen LogP contribution in [0.2, 0.25) is 0 Å². The van der Waals surface area contributed by atoms with Crippen molar-refractivity contribution in [2.24, 2.45) is 0 Å². The number of nitrogen functional groups attached to an aromatic ring is 1. The van der Waals surface area contributed by atoms with Gasteiger partial charge in [0.2, 0.25) is 0 Å². The summed E-state index contributed by atoms with van der Waals surface area (Å²) in [6.07, 6.45) is 0. The van der Waals surface area contributed by atoms with Gasteiger partial charge >= 0.3 is 0 Å². The van der Waals surface area contributed by atoms with Crippen molar-refractivity contribution in [3.05, 3.63) is 47.8 Å². The molecule has 72 valence electrons. The van der Waals surface area contributed by atoms with E-state index in [1.807, 2.05) is 31.2 Å². The first-order chi connectivity index (χ1) is 6.70. The zero-order valence-corrected chi connectivity index (χ0v) is 8.49. The Balaban J connectivity index is 2.62. The number of anilines is 1. The molecule has 0 atom stereocenters. The number of aromatic nitrogens is 1. The number of para-hydroxylation sites is 1. The van der Waals surface area contributed by atoms with Crippen LogP contribution in [0.25, 0.3) is 5.69 Å². The van der Waals surface area contributed by atoms with E-state index in [-0.39, 0.29) is 0 Å². The highest BCUT2D eigenvalue weighted by Gasteiger charge is 2.06. The summed E-state index contributed by atoms with van der Waals surface area (Å²) in [5.41, 5.74) is 10.2. The predicted molar refractivity (Wildman–Crippen MR) is 59.7 cm³/mol. The maximum absolute atomic E-state index is 5.86. The first-order valence-corrected chi connectivity index (χ1v) is 4.70. The summed E-state index contributed by atoms with van der Waals surface area (Å²) in [5.74, 6) is 0. The number of rotatable bonds is 1. The van der Waals surface area contributed by atoms with Crippen LogP contribution in [0.5, 0.6) is 0 Å². The number of nitrogens with zero attached hydrogens (tertiary/aromatic N) is 1. The Morgan fingerprint density at radius 2 is 1.71 bits per heavy atom. The molecule has 0 saturated carbocycles. The SMILES string of the molecule is Cc1cc(N)c(C)n1-c1ccccc1. The van der Waals surface area contributed by atoms with Crippen LogP contribution in [-0.2, 0) is 0 Å². The second kappa shape index (κ2) is 3.22. The molecule has 0 aliphatic carbocycles. The molecule has 0 saturated heterocycles. The number of hydrogen-bond donors (Lipinski definition) is 1. The average Bonchev–Trinajstić information content (AvgIpc) is 2.43. The summed E-state index contributed by atoms with van der Waals surface area (Å²) in [7, 11) is 0. The van der Waals surface area contributed by atoms with Gasteiger partial charge in [-0.2, -0.15) is 0 Å². The Morgan fingerprint density at radius 3 is 2.21 bits per heavy atom. The van der Waals surface area contributed by atoms with Crippen LogP contribution in [0.4, 0.5) is 5.69 Å². The topological polar surface area (TPSA) is 30.9 Å². The largest absolute Gasteiger partial charge is 0.397 e. The maximum atomic E-state index is 5.86. The first kappa shape index (κ1) is 8.88. The zero-order valence-electron chi connectivity index (χ0n) is 8.49. The lowest BCUT2D eigenvalue weighted by Crippen LogP contribution is -1.98. The lowest BCUT2D eigenvalue weighted by Gasteiger charge is -2.08. The highest BCUT2D eigenvalue weighted by Crippen LogP contribution is 2.21. The van der Waals surface area contributed by atoms with Crippen molar-refractivity contribution < 1.29 is 0 Å². The Labute approximate surface area is 84.0 Å². The predicted octanol–water partition coefficient (Wildman–Crippen LogP) is 2.68. The molecule has 1 aromatic heterocycles. The standard InChI is InChI=1S/C12H14N2/c1-9-8-12(13)10(2)14(9)11-6-4-3-5-7-11/h3-8H,13H2,1-2H3. The minimum Gasteiger partial charge on any atom is -0.397 e. The second-order valence-electron chi connectivity index (χ2n) is 3.50. The molecule has 0 radical (unpaired) electrons. The van der Waals surface area contributed by atoms with Crippen LogP contribution in [0.1, 0.15) is 11.4 Å².